The SMILES string of the molecule is COc1ccc2c(OC)nccc2c1SC. The second kappa shape index (κ2) is 4.61. The average molecular weight is 235 g/mol. The largest absolute Gasteiger partial charge is 0.496 e. The molecule has 1 aromatic carbocycles. The van der Waals surface area contributed by atoms with Crippen LogP contribution in [-0.4, -0.2) is 25.5 Å². The first-order valence-electron chi connectivity index (χ1n) is 4.85. The summed E-state index contributed by atoms with van der Waals surface area (Å²) in [7, 11) is 3.31. The van der Waals surface area contributed by atoms with Crippen LogP contribution >= 0.6 is 11.8 Å². The molecule has 3 nitrogen and oxygen atoms in total. The van der Waals surface area contributed by atoms with Crippen molar-refractivity contribution in [2.24, 2.45) is 0 Å². The molecule has 0 atom stereocenters. The van der Waals surface area contributed by atoms with Crippen molar-refractivity contribution in [3.63, 3.8) is 0 Å². The molecule has 2 rings (SSSR count). The van der Waals surface area contributed by atoms with Gasteiger partial charge >= 0.3 is 0 Å². The number of rotatable bonds is 3. The minimum atomic E-state index is 0.649. The molecule has 2 aromatic rings. The van der Waals surface area contributed by atoms with Crippen LogP contribution < -0.4 is 9.47 Å². The highest BCUT2D eigenvalue weighted by atomic mass is 32.2. The summed E-state index contributed by atoms with van der Waals surface area (Å²) < 4.78 is 10.6. The lowest BCUT2D eigenvalue weighted by Crippen LogP contribution is -1.92. The quantitative estimate of drug-likeness (QED) is 0.765. The molecule has 1 aromatic heterocycles. The number of aromatic nitrogens is 1. The van der Waals surface area contributed by atoms with E-state index in [4.69, 9.17) is 9.47 Å². The second-order valence-corrected chi connectivity index (χ2v) is 4.03. The Hall–Kier alpha value is -1.42. The third kappa shape index (κ3) is 1.69. The molecule has 0 saturated carbocycles. The van der Waals surface area contributed by atoms with E-state index >= 15 is 0 Å². The number of thioether (sulfide) groups is 1. The van der Waals surface area contributed by atoms with Crippen LogP contribution in [0.2, 0.25) is 0 Å². The van der Waals surface area contributed by atoms with Crippen LogP contribution in [0.5, 0.6) is 11.6 Å². The minimum Gasteiger partial charge on any atom is -0.496 e. The van der Waals surface area contributed by atoms with E-state index in [0.29, 0.717) is 5.88 Å². The van der Waals surface area contributed by atoms with Gasteiger partial charge in [0.05, 0.1) is 19.1 Å². The van der Waals surface area contributed by atoms with Gasteiger partial charge in [-0.05, 0) is 24.5 Å². The normalized spacial score (nSPS) is 10.4. The van der Waals surface area contributed by atoms with E-state index in [1.807, 2.05) is 24.5 Å². The first kappa shape index (κ1) is 11.1. The summed E-state index contributed by atoms with van der Waals surface area (Å²) in [4.78, 5) is 5.30. The fraction of sp³-hybridized carbons (Fsp3) is 0.250. The summed E-state index contributed by atoms with van der Waals surface area (Å²) in [6, 6.07) is 5.89. The molecule has 16 heavy (non-hydrogen) atoms. The summed E-state index contributed by atoms with van der Waals surface area (Å²) in [5, 5.41) is 2.12. The smallest absolute Gasteiger partial charge is 0.221 e. The van der Waals surface area contributed by atoms with Crippen molar-refractivity contribution < 1.29 is 9.47 Å². The monoisotopic (exact) mass is 235 g/mol. The maximum Gasteiger partial charge on any atom is 0.221 e. The fourth-order valence-corrected chi connectivity index (χ4v) is 2.46. The lowest BCUT2D eigenvalue weighted by Gasteiger charge is -2.11. The van der Waals surface area contributed by atoms with Crippen molar-refractivity contribution in [3.8, 4) is 11.6 Å². The van der Waals surface area contributed by atoms with Crippen LogP contribution in [-0.2, 0) is 0 Å². The molecule has 0 bridgehead atoms. The van der Waals surface area contributed by atoms with E-state index in [0.717, 1.165) is 21.4 Å². The van der Waals surface area contributed by atoms with Gasteiger partial charge in [0.15, 0.2) is 0 Å². The molecule has 0 aliphatic rings. The Morgan fingerprint density at radius 1 is 1.06 bits per heavy atom. The lowest BCUT2D eigenvalue weighted by molar-refractivity contribution is 0.401. The molecule has 0 aliphatic carbocycles. The molecule has 0 aliphatic heterocycles. The van der Waals surface area contributed by atoms with Gasteiger partial charge < -0.3 is 9.47 Å². The maximum atomic E-state index is 5.34. The Morgan fingerprint density at radius 3 is 2.50 bits per heavy atom. The van der Waals surface area contributed by atoms with Crippen molar-refractivity contribution in [3.05, 3.63) is 24.4 Å². The zero-order chi connectivity index (χ0) is 11.5. The number of ether oxygens (including phenoxy) is 2. The number of methoxy groups -OCH3 is 2. The number of nitrogens with zero attached hydrogens (tertiary/aromatic N) is 1. The summed E-state index contributed by atoms with van der Waals surface area (Å²) in [6.45, 7) is 0. The number of hydrogen-bond donors (Lipinski definition) is 0. The molecule has 4 heteroatoms. The fourth-order valence-electron chi connectivity index (χ4n) is 1.71. The van der Waals surface area contributed by atoms with Gasteiger partial charge in [0.2, 0.25) is 5.88 Å². The average Bonchev–Trinajstić information content (AvgIpc) is 2.36. The molecule has 0 saturated heterocycles. The van der Waals surface area contributed by atoms with Crippen molar-refractivity contribution in [2.45, 2.75) is 4.90 Å². The van der Waals surface area contributed by atoms with Gasteiger partial charge in [-0.25, -0.2) is 4.98 Å². The van der Waals surface area contributed by atoms with Gasteiger partial charge in [-0.2, -0.15) is 0 Å². The third-order valence-electron chi connectivity index (χ3n) is 2.44. The third-order valence-corrected chi connectivity index (χ3v) is 3.27. The molecule has 0 fully saturated rings. The van der Waals surface area contributed by atoms with Gasteiger partial charge in [0.1, 0.15) is 5.75 Å². The Bertz CT molecular complexity index is 514. The molecule has 0 amide bonds. The van der Waals surface area contributed by atoms with Crippen molar-refractivity contribution in [1.29, 1.82) is 0 Å². The van der Waals surface area contributed by atoms with Gasteiger partial charge in [-0.15, -0.1) is 11.8 Å². The Labute approximate surface area is 98.8 Å². The van der Waals surface area contributed by atoms with Crippen molar-refractivity contribution in [2.75, 3.05) is 20.5 Å². The summed E-state index contributed by atoms with van der Waals surface area (Å²) in [6.07, 6.45) is 3.78. The predicted molar refractivity (Wildman–Crippen MR) is 66.6 cm³/mol. The molecular formula is C12H13NO2S. The summed E-state index contributed by atoms with van der Waals surface area (Å²) >= 11 is 1.66. The minimum absolute atomic E-state index is 0.649. The van der Waals surface area contributed by atoms with Crippen LogP contribution in [0.3, 0.4) is 0 Å². The van der Waals surface area contributed by atoms with Crippen LogP contribution in [0, 0.1) is 0 Å². The summed E-state index contributed by atoms with van der Waals surface area (Å²) in [5.41, 5.74) is 0. The Morgan fingerprint density at radius 2 is 1.88 bits per heavy atom. The molecule has 1 heterocycles. The van der Waals surface area contributed by atoms with Gasteiger partial charge in [0, 0.05) is 17.0 Å². The van der Waals surface area contributed by atoms with E-state index in [1.165, 1.54) is 0 Å². The lowest BCUT2D eigenvalue weighted by atomic mass is 10.1. The highest BCUT2D eigenvalue weighted by Crippen LogP contribution is 2.37. The molecule has 84 valence electrons. The first-order chi connectivity index (χ1) is 7.81. The van der Waals surface area contributed by atoms with Gasteiger partial charge in [-0.1, -0.05) is 0 Å². The number of hydrogen-bond acceptors (Lipinski definition) is 4. The molecule has 0 N–H and O–H groups in total. The zero-order valence-corrected chi connectivity index (χ0v) is 10.3. The molecule has 0 spiro atoms. The Balaban J connectivity index is 2.78. The van der Waals surface area contributed by atoms with Gasteiger partial charge in [0.25, 0.3) is 0 Å². The van der Waals surface area contributed by atoms with Crippen molar-refractivity contribution >= 4 is 22.5 Å². The Kier molecular flexibility index (Phi) is 3.19. The van der Waals surface area contributed by atoms with Crippen molar-refractivity contribution in [1.82, 2.24) is 4.98 Å². The number of benzene rings is 1. The maximum absolute atomic E-state index is 5.34. The topological polar surface area (TPSA) is 31.4 Å². The van der Waals surface area contributed by atoms with Crippen LogP contribution in [0.25, 0.3) is 10.8 Å². The highest BCUT2D eigenvalue weighted by Gasteiger charge is 2.10. The van der Waals surface area contributed by atoms with E-state index in [-0.39, 0.29) is 0 Å². The van der Waals surface area contributed by atoms with E-state index in [2.05, 4.69) is 4.98 Å². The van der Waals surface area contributed by atoms with Crippen LogP contribution in [0.1, 0.15) is 0 Å². The standard InChI is InChI=1S/C12H13NO2S/c1-14-10-5-4-9-8(11(10)16-3)6-7-13-12(9)15-2/h4-7H,1-3H3. The van der Waals surface area contributed by atoms with Crippen LogP contribution in [0.4, 0.5) is 0 Å². The van der Waals surface area contributed by atoms with E-state index in [1.54, 1.807) is 32.2 Å². The van der Waals surface area contributed by atoms with Gasteiger partial charge in [-0.3, -0.25) is 0 Å². The zero-order valence-electron chi connectivity index (χ0n) is 9.48. The second-order valence-electron chi connectivity index (χ2n) is 3.22. The van der Waals surface area contributed by atoms with E-state index < -0.39 is 0 Å². The van der Waals surface area contributed by atoms with E-state index in [9.17, 15) is 0 Å². The highest BCUT2D eigenvalue weighted by molar-refractivity contribution is 7.99. The molecular weight excluding hydrogens is 222 g/mol. The first-order valence-corrected chi connectivity index (χ1v) is 6.08. The molecule has 0 unspecified atom stereocenters. The van der Waals surface area contributed by atoms with Crippen LogP contribution in [0.15, 0.2) is 29.3 Å². The predicted octanol–water partition coefficient (Wildman–Crippen LogP) is 2.97. The molecule has 0 radical (unpaired) electrons. The number of pyridine rings is 1. The summed E-state index contributed by atoms with van der Waals surface area (Å²) in [5.74, 6) is 1.53. The number of fused-ring (bicyclic) bond motifs is 1.